The molecular formula is C21H38N2O. The Bertz CT molecular complexity index is 426. The van der Waals surface area contributed by atoms with E-state index in [-0.39, 0.29) is 5.78 Å². The second-order valence-electron chi connectivity index (χ2n) is 5.93. The largest absolute Gasteiger partial charge is 0.295 e. The molecule has 3 heteroatoms. The van der Waals surface area contributed by atoms with E-state index in [9.17, 15) is 4.79 Å². The molecule has 0 N–H and O–H groups in total. The van der Waals surface area contributed by atoms with Gasteiger partial charge in [0.2, 0.25) is 0 Å². The van der Waals surface area contributed by atoms with E-state index in [2.05, 4.69) is 30.6 Å². The molecule has 0 spiro atoms. The summed E-state index contributed by atoms with van der Waals surface area (Å²) in [6.07, 6.45) is 3.67. The predicted molar refractivity (Wildman–Crippen MR) is 106 cm³/mol. The van der Waals surface area contributed by atoms with Gasteiger partial charge < -0.3 is 0 Å². The zero-order valence-corrected chi connectivity index (χ0v) is 16.8. The first-order valence-electron chi connectivity index (χ1n) is 9.65. The average Bonchev–Trinajstić information content (AvgIpc) is 2.64. The molecule has 1 aliphatic heterocycles. The van der Waals surface area contributed by atoms with Gasteiger partial charge in [0.05, 0.1) is 6.67 Å². The molecule has 0 aliphatic carbocycles. The molecule has 3 nitrogen and oxygen atoms in total. The van der Waals surface area contributed by atoms with Gasteiger partial charge in [0.1, 0.15) is 0 Å². The lowest BCUT2D eigenvalue weighted by Gasteiger charge is -2.34. The van der Waals surface area contributed by atoms with Crippen LogP contribution in [0.4, 0.5) is 0 Å². The number of hydrogen-bond acceptors (Lipinski definition) is 3. The second-order valence-corrected chi connectivity index (χ2v) is 5.93. The Balaban J connectivity index is 0.000000400. The molecule has 0 atom stereocenters. The summed E-state index contributed by atoms with van der Waals surface area (Å²) in [6, 6.07) is 7.75. The Kier molecular flexibility index (Phi) is 13.5. The quantitative estimate of drug-likeness (QED) is 0.719. The van der Waals surface area contributed by atoms with Crippen LogP contribution in [0.3, 0.4) is 0 Å². The van der Waals surface area contributed by atoms with Gasteiger partial charge in [-0.25, -0.2) is 0 Å². The van der Waals surface area contributed by atoms with Gasteiger partial charge in [0.15, 0.2) is 5.78 Å². The van der Waals surface area contributed by atoms with Crippen molar-refractivity contribution < 1.29 is 4.79 Å². The molecule has 1 saturated heterocycles. The standard InChI is InChI=1S/C10H12O.C9H20N2.C2H6/c1-3-9-4-6-10(7-5-9)8(2)11;1-3-6-11-8-5-7-10(4-2)9-11;1-2/h4-7H,3H2,1-2H3;3-9H2,1-2H3;1-2H3. The summed E-state index contributed by atoms with van der Waals surface area (Å²) < 4.78 is 0. The molecule has 1 aromatic carbocycles. The fourth-order valence-electron chi connectivity index (χ4n) is 2.67. The van der Waals surface area contributed by atoms with Gasteiger partial charge in [-0.05, 0) is 44.8 Å². The van der Waals surface area contributed by atoms with Crippen molar-refractivity contribution in [3.8, 4) is 0 Å². The Hall–Kier alpha value is -1.19. The molecule has 2 rings (SSSR count). The van der Waals surface area contributed by atoms with Crippen molar-refractivity contribution in [2.45, 2.75) is 60.8 Å². The van der Waals surface area contributed by atoms with E-state index in [4.69, 9.17) is 0 Å². The fourth-order valence-corrected chi connectivity index (χ4v) is 2.67. The van der Waals surface area contributed by atoms with Crippen LogP contribution in [-0.2, 0) is 6.42 Å². The third kappa shape index (κ3) is 9.19. The fraction of sp³-hybridized carbons (Fsp3) is 0.667. The molecule has 24 heavy (non-hydrogen) atoms. The first-order chi connectivity index (χ1) is 11.6. The van der Waals surface area contributed by atoms with Crippen LogP contribution in [0.1, 0.15) is 70.3 Å². The first kappa shape index (κ1) is 22.8. The highest BCUT2D eigenvalue weighted by molar-refractivity contribution is 5.93. The minimum atomic E-state index is 0.132. The zero-order chi connectivity index (χ0) is 18.4. The molecule has 138 valence electrons. The molecule has 0 saturated carbocycles. The first-order valence-corrected chi connectivity index (χ1v) is 9.65. The summed E-state index contributed by atoms with van der Waals surface area (Å²) in [5.41, 5.74) is 2.07. The number of benzene rings is 1. The Morgan fingerprint density at radius 3 is 2.04 bits per heavy atom. The maximum Gasteiger partial charge on any atom is 0.159 e. The summed E-state index contributed by atoms with van der Waals surface area (Å²) in [5.74, 6) is 0.132. The van der Waals surface area contributed by atoms with E-state index in [1.165, 1.54) is 51.3 Å². The number of hydrogen-bond donors (Lipinski definition) is 0. The SMILES string of the molecule is CC.CCCN1CCCN(CC)C1.CCc1ccc(C(C)=O)cc1. The van der Waals surface area contributed by atoms with E-state index >= 15 is 0 Å². The Morgan fingerprint density at radius 2 is 1.58 bits per heavy atom. The third-order valence-electron chi connectivity index (χ3n) is 4.10. The van der Waals surface area contributed by atoms with Crippen LogP contribution in [0.15, 0.2) is 24.3 Å². The van der Waals surface area contributed by atoms with Crippen molar-refractivity contribution in [2.24, 2.45) is 0 Å². The normalized spacial score (nSPS) is 14.9. The summed E-state index contributed by atoms with van der Waals surface area (Å²) >= 11 is 0. The van der Waals surface area contributed by atoms with Gasteiger partial charge >= 0.3 is 0 Å². The van der Waals surface area contributed by atoms with Crippen LogP contribution in [0, 0.1) is 0 Å². The van der Waals surface area contributed by atoms with E-state index in [1.54, 1.807) is 6.92 Å². The summed E-state index contributed by atoms with van der Waals surface area (Å²) in [4.78, 5) is 15.9. The van der Waals surface area contributed by atoms with Crippen molar-refractivity contribution in [2.75, 3.05) is 32.8 Å². The highest BCUT2D eigenvalue weighted by atomic mass is 16.1. The predicted octanol–water partition coefficient (Wildman–Crippen LogP) is 4.86. The second kappa shape index (κ2) is 14.2. The Morgan fingerprint density at radius 1 is 1.00 bits per heavy atom. The average molecular weight is 335 g/mol. The highest BCUT2D eigenvalue weighted by Crippen LogP contribution is 2.05. The van der Waals surface area contributed by atoms with Gasteiger partial charge in [0.25, 0.3) is 0 Å². The summed E-state index contributed by atoms with van der Waals surface area (Å²) in [6.45, 7) is 18.5. The Labute approximate surface area is 150 Å². The molecule has 0 amide bonds. The number of Topliss-reactive ketones (excluding diaryl/α,β-unsaturated/α-hetero) is 1. The van der Waals surface area contributed by atoms with E-state index in [1.807, 2.05) is 38.1 Å². The van der Waals surface area contributed by atoms with Crippen molar-refractivity contribution in [1.82, 2.24) is 9.80 Å². The topological polar surface area (TPSA) is 23.6 Å². The van der Waals surface area contributed by atoms with Crippen LogP contribution >= 0.6 is 0 Å². The molecule has 0 unspecified atom stereocenters. The van der Waals surface area contributed by atoms with Gasteiger partial charge in [-0.3, -0.25) is 14.6 Å². The molecule has 0 radical (unpaired) electrons. The maximum absolute atomic E-state index is 10.8. The van der Waals surface area contributed by atoms with Gasteiger partial charge in [-0.2, -0.15) is 0 Å². The van der Waals surface area contributed by atoms with Crippen molar-refractivity contribution in [3.63, 3.8) is 0 Å². The molecule has 1 aromatic rings. The molecule has 0 bridgehead atoms. The minimum absolute atomic E-state index is 0.132. The van der Waals surface area contributed by atoms with Crippen LogP contribution in [-0.4, -0.2) is 48.4 Å². The van der Waals surface area contributed by atoms with Gasteiger partial charge in [-0.15, -0.1) is 0 Å². The maximum atomic E-state index is 10.8. The summed E-state index contributed by atoms with van der Waals surface area (Å²) in [7, 11) is 0. The van der Waals surface area contributed by atoms with Crippen molar-refractivity contribution in [3.05, 3.63) is 35.4 Å². The molecule has 1 heterocycles. The monoisotopic (exact) mass is 334 g/mol. The number of rotatable bonds is 5. The lowest BCUT2D eigenvalue weighted by atomic mass is 10.1. The number of aryl methyl sites for hydroxylation is 1. The lowest BCUT2D eigenvalue weighted by Crippen LogP contribution is -2.44. The van der Waals surface area contributed by atoms with Crippen LogP contribution in [0.2, 0.25) is 0 Å². The van der Waals surface area contributed by atoms with E-state index < -0.39 is 0 Å². The summed E-state index contributed by atoms with van der Waals surface area (Å²) in [5, 5.41) is 0. The molecule has 0 aromatic heterocycles. The third-order valence-corrected chi connectivity index (χ3v) is 4.10. The smallest absolute Gasteiger partial charge is 0.159 e. The lowest BCUT2D eigenvalue weighted by molar-refractivity contribution is 0.0907. The van der Waals surface area contributed by atoms with Crippen LogP contribution < -0.4 is 0 Å². The number of nitrogens with zero attached hydrogens (tertiary/aromatic N) is 2. The van der Waals surface area contributed by atoms with Crippen LogP contribution in [0.5, 0.6) is 0 Å². The van der Waals surface area contributed by atoms with Gasteiger partial charge in [0, 0.05) is 18.7 Å². The molecule has 1 aliphatic rings. The molecule has 1 fully saturated rings. The molecular weight excluding hydrogens is 296 g/mol. The van der Waals surface area contributed by atoms with E-state index in [0.717, 1.165) is 12.0 Å². The van der Waals surface area contributed by atoms with E-state index in [0.29, 0.717) is 0 Å². The number of carbonyl (C=O) groups is 1. The highest BCUT2D eigenvalue weighted by Gasteiger charge is 2.13. The van der Waals surface area contributed by atoms with Crippen molar-refractivity contribution >= 4 is 5.78 Å². The van der Waals surface area contributed by atoms with Crippen molar-refractivity contribution in [1.29, 1.82) is 0 Å². The van der Waals surface area contributed by atoms with Gasteiger partial charge in [-0.1, -0.05) is 58.9 Å². The number of ketones is 1. The van der Waals surface area contributed by atoms with Crippen LogP contribution in [0.25, 0.3) is 0 Å². The minimum Gasteiger partial charge on any atom is -0.295 e. The number of carbonyl (C=O) groups excluding carboxylic acids is 1. The zero-order valence-electron chi connectivity index (χ0n) is 16.8.